The molecule has 0 aliphatic carbocycles. The molecule has 1 saturated heterocycles. The van der Waals surface area contributed by atoms with Gasteiger partial charge in [-0.25, -0.2) is 23.2 Å². The number of nitrogens with one attached hydrogen (secondary N) is 1. The van der Waals surface area contributed by atoms with Gasteiger partial charge in [0, 0.05) is 32.4 Å². The minimum absolute atomic E-state index is 0. The Hall–Kier alpha value is -4.15. The zero-order chi connectivity index (χ0) is 38.1. The zero-order valence-electron chi connectivity index (χ0n) is 31.1. The molecule has 1 heterocycles. The molecule has 15 heteroatoms. The Balaban J connectivity index is 0.00000702. The van der Waals surface area contributed by atoms with Crippen molar-refractivity contribution in [1.29, 1.82) is 0 Å². The predicted molar refractivity (Wildman–Crippen MR) is 185 cm³/mol. The number of benzene rings is 2. The summed E-state index contributed by atoms with van der Waals surface area (Å²) in [4.78, 5) is 50.8. The van der Waals surface area contributed by atoms with E-state index in [9.17, 15) is 41.1 Å². The van der Waals surface area contributed by atoms with E-state index in [0.29, 0.717) is 22.3 Å². The minimum atomic E-state index is -5.01. The Morgan fingerprint density at radius 3 is 2.26 bits per heavy atom. The largest absolute Gasteiger partial charge is 1.00 e. The van der Waals surface area contributed by atoms with E-state index in [1.165, 1.54) is 36.6 Å². The Morgan fingerprint density at radius 1 is 1.09 bits per heavy atom. The first-order valence-corrected chi connectivity index (χ1v) is 16.1. The quantitative estimate of drug-likeness (QED) is 0.0842. The van der Waals surface area contributed by atoms with Gasteiger partial charge in [-0.1, -0.05) is 30.4 Å². The molecule has 0 radical (unpaired) electrons. The average Bonchev–Trinajstić information content (AvgIpc) is 3.02. The summed E-state index contributed by atoms with van der Waals surface area (Å²) < 4.78 is 86.1. The number of alkyl halides is 5. The number of halogens is 5. The summed E-state index contributed by atoms with van der Waals surface area (Å²) in [6.45, 7) is 9.92. The summed E-state index contributed by atoms with van der Waals surface area (Å²) in [7, 11) is 1.14. The monoisotopic (exact) mass is 742 g/mol. The molecule has 0 spiro atoms. The van der Waals surface area contributed by atoms with Crippen LogP contribution in [0.25, 0.3) is 11.1 Å². The maximum absolute atomic E-state index is 14.7. The summed E-state index contributed by atoms with van der Waals surface area (Å²) in [6.07, 6.45) is -6.86. The van der Waals surface area contributed by atoms with E-state index in [-0.39, 0.29) is 64.4 Å². The molecule has 1 atom stereocenters. The van der Waals surface area contributed by atoms with Crippen molar-refractivity contribution in [3.8, 4) is 0 Å². The second-order valence-corrected chi connectivity index (χ2v) is 13.1. The molecule has 9 nitrogen and oxygen atoms in total. The molecule has 0 unspecified atom stereocenters. The molecule has 0 aromatic heterocycles. The molecule has 0 saturated carbocycles. The number of rotatable bonds is 12. The van der Waals surface area contributed by atoms with Gasteiger partial charge in [-0.2, -0.15) is 13.2 Å². The third-order valence-corrected chi connectivity index (χ3v) is 7.84. The number of hydrogen-bond acceptors (Lipinski definition) is 7. The van der Waals surface area contributed by atoms with Crippen molar-refractivity contribution in [3.05, 3.63) is 89.9 Å². The van der Waals surface area contributed by atoms with Gasteiger partial charge in [0.15, 0.2) is 0 Å². The number of methoxy groups -OCH3 is 1. The number of likely N-dealkylation sites (tertiary alicyclic amines) is 1. The van der Waals surface area contributed by atoms with Crippen LogP contribution in [-0.2, 0) is 43.1 Å². The third-order valence-electron chi connectivity index (χ3n) is 7.84. The van der Waals surface area contributed by atoms with Gasteiger partial charge in [0.05, 0.1) is 13.7 Å². The summed E-state index contributed by atoms with van der Waals surface area (Å²) >= 11 is 0. The van der Waals surface area contributed by atoms with Crippen molar-refractivity contribution < 1.29 is 74.2 Å². The normalized spacial score (nSPS) is 15.0. The summed E-state index contributed by atoms with van der Waals surface area (Å²) in [6, 6.07) is 9.89. The fraction of sp³-hybridized carbons (Fsp3) is 0.447. The molecular weight excluding hydrogens is 698 g/mol. The second kappa shape index (κ2) is 19.8. The third kappa shape index (κ3) is 14.0. The Morgan fingerprint density at radius 2 is 1.72 bits per heavy atom. The van der Waals surface area contributed by atoms with Crippen molar-refractivity contribution >= 4 is 35.6 Å². The van der Waals surface area contributed by atoms with Crippen LogP contribution in [0.15, 0.2) is 48.6 Å². The van der Waals surface area contributed by atoms with E-state index in [2.05, 4.69) is 18.0 Å². The summed E-state index contributed by atoms with van der Waals surface area (Å²) in [5.41, 5.74) is -1.45. The number of allylic oxidation sites excluding steroid dienone is 3. The van der Waals surface area contributed by atoms with E-state index in [1.54, 1.807) is 33.8 Å². The number of amides is 2. The molecule has 1 aliphatic heterocycles. The van der Waals surface area contributed by atoms with Crippen molar-refractivity contribution in [3.63, 3.8) is 0 Å². The van der Waals surface area contributed by atoms with Gasteiger partial charge in [-0.15, -0.1) is 41.0 Å². The number of carbonyl (C=O) groups excluding carboxylic acids is 4. The number of alkyl carbamates (subject to hydrolysis) is 1. The fourth-order valence-electron chi connectivity index (χ4n) is 5.55. The van der Waals surface area contributed by atoms with Crippen molar-refractivity contribution in [2.24, 2.45) is 0 Å². The standard InChI is InChI=1S/C37H41F5N2O7.CH3.Li/c1-23(2)30-25(10-8-11-26(30)21-29(32(46)49-6)43-33(47)51-35(3,4)5)20-28(22-45)31(37(40,41)42)27-12-7-9-24(19-27)13-18-50-34(48)44-16-14-36(38,39)15-17-44;;/h7-11,19,29H,1,13-18,20-21H2,2-6H3,(H,43,47);1H3;/q-2;-1;+1/b31-28+;;/t29-;;/m0../s1. The average molecular weight is 743 g/mol. The first-order valence-electron chi connectivity index (χ1n) is 16.1. The molecule has 1 N–H and O–H groups in total. The van der Waals surface area contributed by atoms with E-state index in [1.807, 2.05) is 0 Å². The smallest absolute Gasteiger partial charge is 0.467 e. The molecule has 1 fully saturated rings. The van der Waals surface area contributed by atoms with Crippen LogP contribution >= 0.6 is 0 Å². The molecule has 3 rings (SSSR count). The molecule has 1 aliphatic rings. The Labute approximate surface area is 319 Å². The number of carbonyl (C=O) groups is 3. The Kier molecular flexibility index (Phi) is 17.5. The number of piperidine rings is 1. The molecule has 2 aromatic carbocycles. The van der Waals surface area contributed by atoms with Crippen LogP contribution in [0.2, 0.25) is 0 Å². The zero-order valence-corrected chi connectivity index (χ0v) is 31.1. The number of hydrogen-bond donors (Lipinski definition) is 1. The van der Waals surface area contributed by atoms with Crippen LogP contribution in [0.5, 0.6) is 0 Å². The van der Waals surface area contributed by atoms with Gasteiger partial charge >= 0.3 is 43.2 Å². The van der Waals surface area contributed by atoms with E-state index in [4.69, 9.17) is 14.2 Å². The van der Waals surface area contributed by atoms with Gasteiger partial charge in [0.25, 0.3) is 5.92 Å². The van der Waals surface area contributed by atoms with Crippen molar-refractivity contribution in [2.75, 3.05) is 26.8 Å². The molecule has 0 bridgehead atoms. The fourth-order valence-corrected chi connectivity index (χ4v) is 5.55. The summed E-state index contributed by atoms with van der Waals surface area (Å²) in [5, 5.41) is 2.47. The minimum Gasteiger partial charge on any atom is -0.467 e. The topological polar surface area (TPSA) is 111 Å². The first kappa shape index (κ1) is 46.9. The van der Waals surface area contributed by atoms with Crippen LogP contribution in [0, 0.1) is 13.5 Å². The number of esters is 1. The summed E-state index contributed by atoms with van der Waals surface area (Å²) in [5.74, 6) is -3.64. The Bertz CT molecular complexity index is 1640. The van der Waals surface area contributed by atoms with E-state index in [0.717, 1.165) is 12.0 Å². The van der Waals surface area contributed by atoms with Crippen LogP contribution in [-0.4, -0.2) is 79.9 Å². The van der Waals surface area contributed by atoms with Crippen molar-refractivity contribution in [1.82, 2.24) is 10.2 Å². The van der Waals surface area contributed by atoms with Gasteiger partial charge in [0.1, 0.15) is 11.6 Å². The van der Waals surface area contributed by atoms with E-state index >= 15 is 0 Å². The second-order valence-electron chi connectivity index (χ2n) is 13.1. The molecular formula is C38H44F5LiN2O7-2. The van der Waals surface area contributed by atoms with Gasteiger partial charge in [-0.3, -0.25) is 0 Å². The molecule has 53 heavy (non-hydrogen) atoms. The van der Waals surface area contributed by atoms with Crippen molar-refractivity contribution in [2.45, 2.75) is 83.5 Å². The molecule has 286 valence electrons. The first-order chi connectivity index (χ1) is 23.7. The van der Waals surface area contributed by atoms with Crippen LogP contribution in [0.1, 0.15) is 68.4 Å². The van der Waals surface area contributed by atoms with E-state index < -0.39 is 77.9 Å². The van der Waals surface area contributed by atoms with Gasteiger partial charge in [0.2, 0.25) is 0 Å². The number of ether oxygens (including phenoxy) is 3. The molecule has 2 amide bonds. The van der Waals surface area contributed by atoms with Gasteiger partial charge < -0.3 is 36.6 Å². The van der Waals surface area contributed by atoms with Gasteiger partial charge in [-0.05, 0) is 69.1 Å². The SMILES string of the molecule is C=C(C)c1c(C/C([C-]=O)=C(/c2[c-]ccc(CCOC(=O)N3CCC(F)(F)CC3)c2)C(F)(F)F)cccc1C[C@H](NC(=O)OC(C)(C)C)C(=O)OC.[CH3-].[Li+]. The number of nitrogens with zero attached hydrogens (tertiary/aromatic N) is 1. The van der Waals surface area contributed by atoms with Crippen LogP contribution in [0.4, 0.5) is 31.5 Å². The molecule has 2 aromatic rings. The predicted octanol–water partition coefficient (Wildman–Crippen LogP) is 4.66. The maximum atomic E-state index is 14.7. The van der Waals surface area contributed by atoms with Crippen LogP contribution in [0.3, 0.4) is 0 Å². The maximum Gasteiger partial charge on any atom is 1.00 e. The van der Waals surface area contributed by atoms with Crippen LogP contribution < -0.4 is 24.2 Å².